The number of H-pyrrole nitrogens is 1. The molecular weight excluding hydrogens is 358 g/mol. The molecule has 1 saturated carbocycles. The summed E-state index contributed by atoms with van der Waals surface area (Å²) in [5, 5.41) is 2.47. The van der Waals surface area contributed by atoms with Gasteiger partial charge in [-0.25, -0.2) is 4.98 Å². The molecule has 1 N–H and O–H groups in total. The van der Waals surface area contributed by atoms with Crippen molar-refractivity contribution in [2.45, 2.75) is 24.8 Å². The largest absolute Gasteiger partial charge is 0.338 e. The number of nitrogens with one attached hydrogen (secondary N) is 1. The van der Waals surface area contributed by atoms with E-state index in [1.165, 1.54) is 11.3 Å². The molecule has 3 aromatic rings. The molecule has 5 nitrogen and oxygen atoms in total. The summed E-state index contributed by atoms with van der Waals surface area (Å²) in [6.07, 6.45) is 1.62. The number of hydrogen-bond acceptors (Lipinski definition) is 4. The van der Waals surface area contributed by atoms with E-state index >= 15 is 0 Å². The topological polar surface area (TPSA) is 66.1 Å². The van der Waals surface area contributed by atoms with Crippen LogP contribution in [0.25, 0.3) is 10.2 Å². The van der Waals surface area contributed by atoms with Crippen molar-refractivity contribution in [3.63, 3.8) is 0 Å². The van der Waals surface area contributed by atoms with Crippen LogP contribution in [0.15, 0.2) is 40.5 Å². The van der Waals surface area contributed by atoms with Gasteiger partial charge in [0.05, 0.1) is 17.5 Å². The summed E-state index contributed by atoms with van der Waals surface area (Å²) in [7, 11) is 1.74. The van der Waals surface area contributed by atoms with Crippen LogP contribution in [0, 0.1) is 0 Å². The van der Waals surface area contributed by atoms with Crippen LogP contribution in [0.1, 0.15) is 24.2 Å². The molecule has 0 spiro atoms. The molecule has 1 fully saturated rings. The molecule has 0 unspecified atom stereocenters. The first kappa shape index (κ1) is 16.3. The Morgan fingerprint density at radius 3 is 2.92 bits per heavy atom. The molecule has 0 saturated heterocycles. The number of aromatic amines is 1. The van der Waals surface area contributed by atoms with E-state index in [4.69, 9.17) is 11.6 Å². The smallest absolute Gasteiger partial charge is 0.268 e. The van der Waals surface area contributed by atoms with Gasteiger partial charge in [0.1, 0.15) is 10.5 Å². The van der Waals surface area contributed by atoms with Gasteiger partial charge in [0.2, 0.25) is 5.91 Å². The van der Waals surface area contributed by atoms with Crippen molar-refractivity contribution in [3.05, 3.63) is 62.5 Å². The Morgan fingerprint density at radius 1 is 1.40 bits per heavy atom. The number of fused-ring (bicyclic) bond motifs is 1. The number of benzene rings is 1. The SMILES string of the molecule is CN(Cc1nc2ccsc2c(=O)[nH]1)C(=O)C1(c2cccc(Cl)c2)CC1. The number of nitrogens with zero attached hydrogens (tertiary/aromatic N) is 2. The van der Waals surface area contributed by atoms with Crippen molar-refractivity contribution in [2.24, 2.45) is 0 Å². The second-order valence-corrected chi connectivity index (χ2v) is 7.75. The molecule has 0 atom stereocenters. The van der Waals surface area contributed by atoms with E-state index in [-0.39, 0.29) is 18.0 Å². The van der Waals surface area contributed by atoms with E-state index in [9.17, 15) is 9.59 Å². The monoisotopic (exact) mass is 373 g/mol. The van der Waals surface area contributed by atoms with Crippen LogP contribution in [0.2, 0.25) is 5.02 Å². The zero-order valence-corrected chi connectivity index (χ0v) is 15.2. The number of carbonyl (C=O) groups excluding carboxylic acids is 1. The fraction of sp³-hybridized carbons (Fsp3) is 0.278. The molecule has 0 aliphatic heterocycles. The van der Waals surface area contributed by atoms with E-state index in [0.717, 1.165) is 18.4 Å². The molecule has 4 rings (SSSR count). The van der Waals surface area contributed by atoms with Crippen LogP contribution in [-0.4, -0.2) is 27.8 Å². The van der Waals surface area contributed by atoms with E-state index in [2.05, 4.69) is 9.97 Å². The molecule has 2 aromatic heterocycles. The maximum Gasteiger partial charge on any atom is 0.268 e. The van der Waals surface area contributed by atoms with Gasteiger partial charge in [-0.15, -0.1) is 11.3 Å². The number of carbonyl (C=O) groups is 1. The highest BCUT2D eigenvalue weighted by atomic mass is 35.5. The summed E-state index contributed by atoms with van der Waals surface area (Å²) in [6, 6.07) is 9.30. The van der Waals surface area contributed by atoms with Gasteiger partial charge in [0.15, 0.2) is 0 Å². The lowest BCUT2D eigenvalue weighted by Gasteiger charge is -2.23. The lowest BCUT2D eigenvalue weighted by molar-refractivity contribution is -0.133. The summed E-state index contributed by atoms with van der Waals surface area (Å²) < 4.78 is 0.607. The van der Waals surface area contributed by atoms with Gasteiger partial charge in [-0.3, -0.25) is 9.59 Å². The Kier molecular flexibility index (Phi) is 3.89. The van der Waals surface area contributed by atoms with Crippen LogP contribution in [0.5, 0.6) is 0 Å². The Balaban J connectivity index is 1.59. The second kappa shape index (κ2) is 5.97. The molecule has 1 aliphatic carbocycles. The van der Waals surface area contributed by atoms with Crippen LogP contribution in [0.4, 0.5) is 0 Å². The quantitative estimate of drug-likeness (QED) is 0.762. The first-order chi connectivity index (χ1) is 12.0. The minimum atomic E-state index is -0.494. The third-order valence-electron chi connectivity index (χ3n) is 4.63. The van der Waals surface area contributed by atoms with Gasteiger partial charge in [0.25, 0.3) is 5.56 Å². The molecular formula is C18H16ClN3O2S. The second-order valence-electron chi connectivity index (χ2n) is 6.40. The summed E-state index contributed by atoms with van der Waals surface area (Å²) in [6.45, 7) is 0.266. The third kappa shape index (κ3) is 2.85. The van der Waals surface area contributed by atoms with Gasteiger partial charge in [0, 0.05) is 12.1 Å². The molecule has 1 aromatic carbocycles. The van der Waals surface area contributed by atoms with Gasteiger partial charge in [-0.05, 0) is 42.0 Å². The third-order valence-corrected chi connectivity index (χ3v) is 5.77. The maximum atomic E-state index is 13.0. The summed E-state index contributed by atoms with van der Waals surface area (Å²) >= 11 is 7.44. The lowest BCUT2D eigenvalue weighted by Crippen LogP contribution is -2.37. The predicted octanol–water partition coefficient (Wildman–Crippen LogP) is 3.33. The number of halogens is 1. The fourth-order valence-corrected chi connectivity index (χ4v) is 4.11. The normalized spacial score (nSPS) is 15.3. The highest BCUT2D eigenvalue weighted by Gasteiger charge is 2.52. The number of rotatable bonds is 4. The maximum absolute atomic E-state index is 13.0. The van der Waals surface area contributed by atoms with Crippen molar-refractivity contribution in [2.75, 3.05) is 7.05 Å². The molecule has 1 amide bonds. The van der Waals surface area contributed by atoms with Crippen LogP contribution in [0.3, 0.4) is 0 Å². The van der Waals surface area contributed by atoms with Crippen molar-refractivity contribution < 1.29 is 4.79 Å². The minimum absolute atomic E-state index is 0.0304. The highest BCUT2D eigenvalue weighted by molar-refractivity contribution is 7.17. The molecule has 2 heterocycles. The molecule has 0 bridgehead atoms. The van der Waals surface area contributed by atoms with Crippen molar-refractivity contribution in [1.29, 1.82) is 0 Å². The minimum Gasteiger partial charge on any atom is -0.338 e. The highest BCUT2D eigenvalue weighted by Crippen LogP contribution is 2.50. The van der Waals surface area contributed by atoms with E-state index in [1.54, 1.807) is 18.0 Å². The van der Waals surface area contributed by atoms with Gasteiger partial charge < -0.3 is 9.88 Å². The average molecular weight is 374 g/mol. The predicted molar refractivity (Wildman–Crippen MR) is 99.1 cm³/mol. The number of thiophene rings is 1. The van der Waals surface area contributed by atoms with Gasteiger partial charge in [-0.1, -0.05) is 23.7 Å². The molecule has 7 heteroatoms. The fourth-order valence-electron chi connectivity index (χ4n) is 3.20. The van der Waals surface area contributed by atoms with Crippen molar-refractivity contribution in [3.8, 4) is 0 Å². The van der Waals surface area contributed by atoms with E-state index in [1.807, 2.05) is 29.6 Å². The Hall–Kier alpha value is -2.18. The van der Waals surface area contributed by atoms with Crippen LogP contribution >= 0.6 is 22.9 Å². The Bertz CT molecular complexity index is 1020. The van der Waals surface area contributed by atoms with Gasteiger partial charge in [-0.2, -0.15) is 0 Å². The number of likely N-dealkylation sites (N-methyl/N-ethyl adjacent to an activating group) is 1. The summed E-state index contributed by atoms with van der Waals surface area (Å²) in [4.78, 5) is 33.9. The van der Waals surface area contributed by atoms with E-state index in [0.29, 0.717) is 21.1 Å². The van der Waals surface area contributed by atoms with E-state index < -0.39 is 5.41 Å². The van der Waals surface area contributed by atoms with Crippen LogP contribution in [-0.2, 0) is 16.8 Å². The summed E-state index contributed by atoms with van der Waals surface area (Å²) in [5.74, 6) is 0.525. The first-order valence-electron chi connectivity index (χ1n) is 7.98. The molecule has 0 radical (unpaired) electrons. The van der Waals surface area contributed by atoms with Crippen molar-refractivity contribution in [1.82, 2.24) is 14.9 Å². The van der Waals surface area contributed by atoms with Crippen LogP contribution < -0.4 is 5.56 Å². The Morgan fingerprint density at radius 2 is 2.20 bits per heavy atom. The summed E-state index contributed by atoms with van der Waals surface area (Å²) in [5.41, 5.74) is 0.964. The van der Waals surface area contributed by atoms with Crippen molar-refractivity contribution >= 4 is 39.1 Å². The zero-order chi connectivity index (χ0) is 17.6. The van der Waals surface area contributed by atoms with Gasteiger partial charge >= 0.3 is 0 Å². The molecule has 128 valence electrons. The number of hydrogen-bond donors (Lipinski definition) is 1. The Labute approximate surface area is 153 Å². The first-order valence-corrected chi connectivity index (χ1v) is 9.23. The zero-order valence-electron chi connectivity index (χ0n) is 13.6. The average Bonchev–Trinajstić information content (AvgIpc) is 3.26. The number of aromatic nitrogens is 2. The number of amides is 1. The molecule has 25 heavy (non-hydrogen) atoms. The molecule has 1 aliphatic rings. The standard InChI is InChI=1S/C18H16ClN3O2S/c1-22(10-14-20-13-5-8-25-15(13)16(23)21-14)17(24)18(6-7-18)11-3-2-4-12(19)9-11/h2-5,8-9H,6-7,10H2,1H3,(H,20,21,23). The lowest BCUT2D eigenvalue weighted by atomic mass is 9.94.